The second-order valence-electron chi connectivity index (χ2n) is 3.28. The summed E-state index contributed by atoms with van der Waals surface area (Å²) >= 11 is 0. The summed E-state index contributed by atoms with van der Waals surface area (Å²) in [6.07, 6.45) is 0.976. The predicted octanol–water partition coefficient (Wildman–Crippen LogP) is -1.41. The number of amides is 2. The molecular weight excluding hydrogens is 170 g/mol. The van der Waals surface area contributed by atoms with Crippen molar-refractivity contribution < 1.29 is 9.59 Å². The van der Waals surface area contributed by atoms with Crippen molar-refractivity contribution in [3.05, 3.63) is 0 Å². The molecule has 5 nitrogen and oxygen atoms in total. The molecule has 0 unspecified atom stereocenters. The molecule has 5 heteroatoms. The molecule has 0 aromatic carbocycles. The number of hydrogen-bond donors (Lipinski definition) is 3. The summed E-state index contributed by atoms with van der Waals surface area (Å²) in [5, 5.41) is 5.57. The van der Waals surface area contributed by atoms with E-state index >= 15 is 0 Å². The zero-order valence-corrected chi connectivity index (χ0v) is 7.72. The Kier molecular flexibility index (Phi) is 2.87. The molecule has 4 N–H and O–H groups in total. The lowest BCUT2D eigenvalue weighted by Gasteiger charge is -2.32. The molecule has 0 aromatic rings. The fourth-order valence-corrected chi connectivity index (χ4v) is 1.68. The van der Waals surface area contributed by atoms with Crippen LogP contribution in [0.2, 0.25) is 0 Å². The first kappa shape index (κ1) is 9.98. The minimum Gasteiger partial charge on any atom is -0.369 e. The molecule has 2 amide bonds. The Morgan fingerprint density at radius 3 is 2.31 bits per heavy atom. The van der Waals surface area contributed by atoms with E-state index in [0.29, 0.717) is 25.9 Å². The first-order valence-corrected chi connectivity index (χ1v) is 4.36. The van der Waals surface area contributed by atoms with Crippen LogP contribution in [-0.2, 0) is 9.59 Å². The first-order chi connectivity index (χ1) is 6.13. The van der Waals surface area contributed by atoms with Gasteiger partial charge in [0.1, 0.15) is 5.41 Å². The van der Waals surface area contributed by atoms with Gasteiger partial charge in [0.25, 0.3) is 0 Å². The molecule has 1 rings (SSSR count). The van der Waals surface area contributed by atoms with Gasteiger partial charge in [0, 0.05) is 7.05 Å². The molecule has 0 radical (unpaired) electrons. The average Bonchev–Trinajstić information content (AvgIpc) is 2.17. The van der Waals surface area contributed by atoms with Crippen molar-refractivity contribution in [2.75, 3.05) is 20.1 Å². The Labute approximate surface area is 77.1 Å². The van der Waals surface area contributed by atoms with E-state index in [1.54, 1.807) is 0 Å². The van der Waals surface area contributed by atoms with Crippen molar-refractivity contribution in [1.82, 2.24) is 10.6 Å². The molecule has 1 aliphatic rings. The summed E-state index contributed by atoms with van der Waals surface area (Å²) in [4.78, 5) is 22.7. The summed E-state index contributed by atoms with van der Waals surface area (Å²) in [6, 6.07) is 0. The van der Waals surface area contributed by atoms with Crippen molar-refractivity contribution >= 4 is 11.8 Å². The molecular formula is C8H15N3O2. The van der Waals surface area contributed by atoms with Crippen molar-refractivity contribution in [3.8, 4) is 0 Å². The minimum absolute atomic E-state index is 0.262. The number of nitrogens with one attached hydrogen (secondary N) is 2. The van der Waals surface area contributed by atoms with E-state index in [1.165, 1.54) is 7.05 Å². The van der Waals surface area contributed by atoms with Gasteiger partial charge in [-0.25, -0.2) is 0 Å². The molecule has 74 valence electrons. The van der Waals surface area contributed by atoms with Crippen molar-refractivity contribution in [3.63, 3.8) is 0 Å². The second kappa shape index (κ2) is 3.74. The molecule has 1 heterocycles. The Morgan fingerprint density at radius 2 is 1.92 bits per heavy atom. The van der Waals surface area contributed by atoms with Crippen molar-refractivity contribution in [2.45, 2.75) is 12.8 Å². The molecule has 1 saturated heterocycles. The van der Waals surface area contributed by atoms with Gasteiger partial charge in [-0.2, -0.15) is 0 Å². The van der Waals surface area contributed by atoms with Crippen LogP contribution in [0.3, 0.4) is 0 Å². The smallest absolute Gasteiger partial charge is 0.235 e. The highest BCUT2D eigenvalue weighted by Crippen LogP contribution is 2.28. The van der Waals surface area contributed by atoms with Gasteiger partial charge in [-0.15, -0.1) is 0 Å². The van der Waals surface area contributed by atoms with E-state index in [0.717, 1.165) is 0 Å². The monoisotopic (exact) mass is 185 g/mol. The van der Waals surface area contributed by atoms with E-state index in [4.69, 9.17) is 5.73 Å². The molecule has 0 aliphatic carbocycles. The summed E-state index contributed by atoms with van der Waals surface area (Å²) < 4.78 is 0. The molecule has 0 saturated carbocycles. The van der Waals surface area contributed by atoms with Gasteiger partial charge in [-0.05, 0) is 25.9 Å². The van der Waals surface area contributed by atoms with Crippen LogP contribution >= 0.6 is 0 Å². The van der Waals surface area contributed by atoms with E-state index < -0.39 is 11.3 Å². The van der Waals surface area contributed by atoms with E-state index in [9.17, 15) is 9.59 Å². The van der Waals surface area contributed by atoms with Crippen LogP contribution in [0.5, 0.6) is 0 Å². The zero-order valence-electron chi connectivity index (χ0n) is 7.72. The molecule has 0 spiro atoms. The van der Waals surface area contributed by atoms with Crippen LogP contribution in [0.1, 0.15) is 12.8 Å². The Bertz CT molecular complexity index is 221. The van der Waals surface area contributed by atoms with Crippen LogP contribution in [0, 0.1) is 5.41 Å². The standard InChI is InChI=1S/C8H15N3O2/c1-10-7(13)8(6(9)12)2-4-11-5-3-8/h11H,2-5H2,1H3,(H2,9,12)(H,10,13). The van der Waals surface area contributed by atoms with Gasteiger partial charge in [-0.3, -0.25) is 9.59 Å². The largest absolute Gasteiger partial charge is 0.369 e. The topological polar surface area (TPSA) is 84.2 Å². The van der Waals surface area contributed by atoms with Crippen LogP contribution in [-0.4, -0.2) is 32.0 Å². The lowest BCUT2D eigenvalue weighted by atomic mass is 9.77. The van der Waals surface area contributed by atoms with Gasteiger partial charge in [-0.1, -0.05) is 0 Å². The maximum Gasteiger partial charge on any atom is 0.235 e. The Balaban J connectivity index is 2.85. The highest BCUT2D eigenvalue weighted by atomic mass is 16.2. The quantitative estimate of drug-likeness (QED) is 0.462. The maximum absolute atomic E-state index is 11.5. The number of carbonyl (C=O) groups is 2. The summed E-state index contributed by atoms with van der Waals surface area (Å²) in [5.74, 6) is -0.783. The first-order valence-electron chi connectivity index (χ1n) is 4.36. The molecule has 0 bridgehead atoms. The van der Waals surface area contributed by atoms with E-state index in [1.807, 2.05) is 0 Å². The second-order valence-corrected chi connectivity index (χ2v) is 3.28. The Morgan fingerprint density at radius 1 is 1.38 bits per heavy atom. The molecule has 13 heavy (non-hydrogen) atoms. The molecule has 1 fully saturated rings. The summed E-state index contributed by atoms with van der Waals surface area (Å²) in [7, 11) is 1.52. The molecule has 0 atom stereocenters. The fourth-order valence-electron chi connectivity index (χ4n) is 1.68. The number of hydrogen-bond acceptors (Lipinski definition) is 3. The maximum atomic E-state index is 11.5. The van der Waals surface area contributed by atoms with E-state index in [2.05, 4.69) is 10.6 Å². The zero-order chi connectivity index (χ0) is 9.90. The third-order valence-corrected chi connectivity index (χ3v) is 2.59. The normalized spacial score (nSPS) is 20.7. The van der Waals surface area contributed by atoms with Gasteiger partial charge in [0.2, 0.25) is 11.8 Å². The van der Waals surface area contributed by atoms with Crippen molar-refractivity contribution in [2.24, 2.45) is 11.1 Å². The lowest BCUT2D eigenvalue weighted by molar-refractivity contribution is -0.143. The fraction of sp³-hybridized carbons (Fsp3) is 0.750. The van der Waals surface area contributed by atoms with Crippen molar-refractivity contribution in [1.29, 1.82) is 0 Å². The molecule has 1 aliphatic heterocycles. The third kappa shape index (κ3) is 1.65. The number of primary amides is 1. The van der Waals surface area contributed by atoms with Crippen LogP contribution in [0.25, 0.3) is 0 Å². The number of nitrogens with two attached hydrogens (primary N) is 1. The van der Waals surface area contributed by atoms with Crippen LogP contribution < -0.4 is 16.4 Å². The highest BCUT2D eigenvalue weighted by Gasteiger charge is 2.44. The number of piperidine rings is 1. The Hall–Kier alpha value is -1.10. The van der Waals surface area contributed by atoms with E-state index in [-0.39, 0.29) is 5.91 Å². The summed E-state index contributed by atoms with van der Waals surface area (Å²) in [6.45, 7) is 1.33. The molecule has 0 aromatic heterocycles. The average molecular weight is 185 g/mol. The number of carbonyl (C=O) groups excluding carboxylic acids is 2. The van der Waals surface area contributed by atoms with Gasteiger partial charge >= 0.3 is 0 Å². The highest BCUT2D eigenvalue weighted by molar-refractivity contribution is 6.04. The third-order valence-electron chi connectivity index (χ3n) is 2.59. The minimum atomic E-state index is -0.986. The van der Waals surface area contributed by atoms with Crippen LogP contribution in [0.15, 0.2) is 0 Å². The van der Waals surface area contributed by atoms with Gasteiger partial charge in [0.05, 0.1) is 0 Å². The predicted molar refractivity (Wildman–Crippen MR) is 47.8 cm³/mol. The van der Waals surface area contributed by atoms with Gasteiger partial charge in [0.15, 0.2) is 0 Å². The SMILES string of the molecule is CNC(=O)C1(C(N)=O)CCNCC1. The summed E-state index contributed by atoms with van der Waals surface area (Å²) in [5.41, 5.74) is 4.27. The van der Waals surface area contributed by atoms with Gasteiger partial charge < -0.3 is 16.4 Å². The number of rotatable bonds is 2. The lowest BCUT2D eigenvalue weighted by Crippen LogP contribution is -2.54. The van der Waals surface area contributed by atoms with Crippen LogP contribution in [0.4, 0.5) is 0 Å².